The number of benzene rings is 2. The molecule has 2 nitrogen and oxygen atoms in total. The van der Waals surface area contributed by atoms with E-state index in [1.54, 1.807) is 0 Å². The van der Waals surface area contributed by atoms with Crippen LogP contribution >= 0.6 is 0 Å². The van der Waals surface area contributed by atoms with Crippen molar-refractivity contribution in [2.75, 3.05) is 5.23 Å². The summed E-state index contributed by atoms with van der Waals surface area (Å²) in [4.78, 5) is 2.56. The molecule has 0 fully saturated rings. The van der Waals surface area contributed by atoms with Crippen molar-refractivity contribution >= 4 is 18.1 Å². The number of para-hydroxylation sites is 1. The summed E-state index contributed by atoms with van der Waals surface area (Å²) in [7, 11) is 0. The molecule has 0 spiro atoms. The molecule has 3 rings (SSSR count). The molecule has 0 bridgehead atoms. The summed E-state index contributed by atoms with van der Waals surface area (Å²) in [6.45, 7) is 9.29. The summed E-state index contributed by atoms with van der Waals surface area (Å²) >= 11 is 0. The third-order valence-electron chi connectivity index (χ3n) is 4.73. The van der Waals surface area contributed by atoms with Gasteiger partial charge in [0.1, 0.15) is 0 Å². The molecule has 2 aromatic rings. The summed E-state index contributed by atoms with van der Waals surface area (Å²) in [5, 5.41) is 3.78. The topological polar surface area (TPSA) is 15.3 Å². The first-order valence-corrected chi connectivity index (χ1v) is 8.95. The molecule has 0 atom stereocenters. The number of nitrogens with zero attached hydrogens (tertiary/aromatic N) is 1. The maximum Gasteiger partial charge on any atom is 0.376 e. The zero-order chi connectivity index (χ0) is 17.1. The van der Waals surface area contributed by atoms with Crippen LogP contribution in [0.15, 0.2) is 60.7 Å². The van der Waals surface area contributed by atoms with Crippen molar-refractivity contribution < 1.29 is 0 Å². The second-order valence-electron chi connectivity index (χ2n) is 7.07. The second kappa shape index (κ2) is 7.27. The minimum absolute atomic E-state index is 0.177. The molecule has 2 aromatic carbocycles. The molecule has 1 aliphatic rings. The van der Waals surface area contributed by atoms with Gasteiger partial charge in [-0.15, -0.1) is 0 Å². The Kier molecular flexibility index (Phi) is 5.10. The third-order valence-corrected chi connectivity index (χ3v) is 4.73. The second-order valence-corrected chi connectivity index (χ2v) is 7.07. The van der Waals surface area contributed by atoms with Crippen LogP contribution in [-0.4, -0.2) is 23.9 Å². The number of hydrogen-bond donors (Lipinski definition) is 1. The lowest BCUT2D eigenvalue weighted by Crippen LogP contribution is -2.53. The minimum Gasteiger partial charge on any atom is -0.410 e. The molecule has 24 heavy (non-hydrogen) atoms. The van der Waals surface area contributed by atoms with E-state index in [9.17, 15) is 0 Å². The van der Waals surface area contributed by atoms with Crippen LogP contribution < -0.4 is 5.23 Å². The lowest BCUT2D eigenvalue weighted by Gasteiger charge is -2.37. The van der Waals surface area contributed by atoms with Gasteiger partial charge in [0.25, 0.3) is 0 Å². The summed E-state index contributed by atoms with van der Waals surface area (Å²) in [6.07, 6.45) is 3.42. The summed E-state index contributed by atoms with van der Waals surface area (Å²) < 4.78 is 0. The first-order chi connectivity index (χ1) is 11.6. The highest BCUT2D eigenvalue weighted by Gasteiger charge is 2.35. The molecule has 0 radical (unpaired) electrons. The van der Waals surface area contributed by atoms with Gasteiger partial charge < -0.3 is 10.0 Å². The highest BCUT2D eigenvalue weighted by Crippen LogP contribution is 2.32. The van der Waals surface area contributed by atoms with Crippen molar-refractivity contribution in [2.24, 2.45) is 0 Å². The van der Waals surface area contributed by atoms with Gasteiger partial charge in [-0.1, -0.05) is 76.2 Å². The molecular weight excluding hydrogens is 291 g/mol. The van der Waals surface area contributed by atoms with Gasteiger partial charge >= 0.3 is 6.98 Å². The molecule has 0 unspecified atom stereocenters. The van der Waals surface area contributed by atoms with E-state index in [1.807, 2.05) is 0 Å². The standard InChI is InChI=1S/C21H27BN2/c1-16(2)24(17(3)4)22(23-19-11-6-5-7-12-19)21-15-14-18-10-8-9-13-20(18)21/h5-13,15-17,23H,14H2,1-4H3. The van der Waals surface area contributed by atoms with Gasteiger partial charge in [-0.25, -0.2) is 0 Å². The summed E-state index contributed by atoms with van der Waals surface area (Å²) in [5.74, 6) is 0. The van der Waals surface area contributed by atoms with E-state index in [0.717, 1.165) is 6.42 Å². The quantitative estimate of drug-likeness (QED) is 0.763. The van der Waals surface area contributed by atoms with Gasteiger partial charge in [-0.2, -0.15) is 0 Å². The molecule has 3 heteroatoms. The molecule has 0 amide bonds. The van der Waals surface area contributed by atoms with Crippen molar-refractivity contribution in [3.63, 3.8) is 0 Å². The lowest BCUT2D eigenvalue weighted by atomic mass is 9.61. The number of nitrogens with one attached hydrogen (secondary N) is 1. The fraction of sp³-hybridized carbons (Fsp3) is 0.333. The van der Waals surface area contributed by atoms with Crippen molar-refractivity contribution in [3.8, 4) is 0 Å². The Balaban J connectivity index is 1.99. The largest absolute Gasteiger partial charge is 0.410 e. The molecule has 0 aromatic heterocycles. The van der Waals surface area contributed by atoms with E-state index in [4.69, 9.17) is 0 Å². The third kappa shape index (κ3) is 3.41. The van der Waals surface area contributed by atoms with Crippen molar-refractivity contribution in [2.45, 2.75) is 46.2 Å². The van der Waals surface area contributed by atoms with E-state index < -0.39 is 0 Å². The van der Waals surface area contributed by atoms with Crippen LogP contribution in [0.2, 0.25) is 0 Å². The van der Waals surface area contributed by atoms with Crippen LogP contribution in [-0.2, 0) is 6.42 Å². The van der Waals surface area contributed by atoms with E-state index in [0.29, 0.717) is 12.1 Å². The van der Waals surface area contributed by atoms with Gasteiger partial charge in [0.05, 0.1) is 0 Å². The maximum absolute atomic E-state index is 3.78. The molecule has 124 valence electrons. The van der Waals surface area contributed by atoms with Gasteiger partial charge in [-0.3, -0.25) is 0 Å². The van der Waals surface area contributed by atoms with Crippen LogP contribution in [0.3, 0.4) is 0 Å². The van der Waals surface area contributed by atoms with Gasteiger partial charge in [0.15, 0.2) is 0 Å². The van der Waals surface area contributed by atoms with E-state index >= 15 is 0 Å². The van der Waals surface area contributed by atoms with E-state index in [-0.39, 0.29) is 6.98 Å². The number of anilines is 1. The van der Waals surface area contributed by atoms with Gasteiger partial charge in [0, 0.05) is 5.69 Å². The van der Waals surface area contributed by atoms with E-state index in [1.165, 1.54) is 22.3 Å². The highest BCUT2D eigenvalue weighted by molar-refractivity contribution is 6.79. The Morgan fingerprint density at radius 2 is 1.50 bits per heavy atom. The Hall–Kier alpha value is -2.00. The number of allylic oxidation sites excluding steroid dienone is 1. The Bertz CT molecular complexity index is 699. The van der Waals surface area contributed by atoms with E-state index in [2.05, 4.69) is 98.4 Å². The fourth-order valence-electron chi connectivity index (χ4n) is 3.77. The predicted molar refractivity (Wildman–Crippen MR) is 106 cm³/mol. The average molecular weight is 318 g/mol. The van der Waals surface area contributed by atoms with Crippen molar-refractivity contribution in [1.29, 1.82) is 0 Å². The zero-order valence-corrected chi connectivity index (χ0v) is 15.2. The number of rotatable bonds is 6. The van der Waals surface area contributed by atoms with Crippen molar-refractivity contribution in [1.82, 2.24) is 4.81 Å². The van der Waals surface area contributed by atoms with Crippen LogP contribution in [0, 0.1) is 0 Å². The first kappa shape index (κ1) is 16.8. The van der Waals surface area contributed by atoms with Crippen molar-refractivity contribution in [3.05, 3.63) is 71.8 Å². The molecule has 0 heterocycles. The normalized spacial score (nSPS) is 13.4. The highest BCUT2D eigenvalue weighted by atomic mass is 15.2. The minimum atomic E-state index is 0.177. The Labute approximate surface area is 146 Å². The number of hydrogen-bond acceptors (Lipinski definition) is 2. The van der Waals surface area contributed by atoms with Crippen LogP contribution in [0.5, 0.6) is 0 Å². The van der Waals surface area contributed by atoms with Crippen LogP contribution in [0.1, 0.15) is 38.8 Å². The maximum atomic E-state index is 3.78. The van der Waals surface area contributed by atoms with Crippen LogP contribution in [0.4, 0.5) is 5.69 Å². The molecule has 0 aliphatic heterocycles. The summed E-state index contributed by atoms with van der Waals surface area (Å²) in [5.41, 5.74) is 5.38. The zero-order valence-electron chi connectivity index (χ0n) is 15.2. The monoisotopic (exact) mass is 318 g/mol. The molecule has 0 saturated heterocycles. The lowest BCUT2D eigenvalue weighted by molar-refractivity contribution is 0.308. The van der Waals surface area contributed by atoms with Gasteiger partial charge in [-0.05, 0) is 47.2 Å². The predicted octanol–water partition coefficient (Wildman–Crippen LogP) is 4.88. The SMILES string of the molecule is CC(C)N(B(Nc1ccccc1)C1=CCc2ccccc21)C(C)C. The molecule has 0 saturated carbocycles. The Morgan fingerprint density at radius 3 is 2.17 bits per heavy atom. The molecule has 1 aliphatic carbocycles. The smallest absolute Gasteiger partial charge is 0.376 e. The number of fused-ring (bicyclic) bond motifs is 1. The van der Waals surface area contributed by atoms with Crippen LogP contribution in [0.25, 0.3) is 5.47 Å². The molecular formula is C21H27BN2. The Morgan fingerprint density at radius 1 is 0.875 bits per heavy atom. The average Bonchev–Trinajstić information content (AvgIpc) is 2.98. The fourth-order valence-corrected chi connectivity index (χ4v) is 3.77. The first-order valence-electron chi connectivity index (χ1n) is 8.95. The van der Waals surface area contributed by atoms with Gasteiger partial charge in [0.2, 0.25) is 0 Å². The summed E-state index contributed by atoms with van der Waals surface area (Å²) in [6, 6.07) is 20.2. The molecule has 1 N–H and O–H groups in total.